The van der Waals surface area contributed by atoms with Gasteiger partial charge in [0.05, 0.1) is 13.7 Å². The van der Waals surface area contributed by atoms with Crippen molar-refractivity contribution in [3.8, 4) is 11.8 Å². The molecule has 0 aromatic carbocycles. The van der Waals surface area contributed by atoms with Gasteiger partial charge in [-0.2, -0.15) is 0 Å². The number of carbonyl (C=O) groups is 1. The summed E-state index contributed by atoms with van der Waals surface area (Å²) in [6.45, 7) is -0.00833. The molecule has 0 aliphatic heterocycles. The van der Waals surface area contributed by atoms with Crippen LogP contribution in [0, 0.1) is 11.8 Å². The van der Waals surface area contributed by atoms with Gasteiger partial charge in [0.15, 0.2) is 0 Å². The highest BCUT2D eigenvalue weighted by molar-refractivity contribution is 5.88. The van der Waals surface area contributed by atoms with Crippen LogP contribution < -0.4 is 0 Å². The smallest absolute Gasteiger partial charge is 0.384 e. The first kappa shape index (κ1) is 8.34. The lowest BCUT2D eigenvalue weighted by Gasteiger charge is -1.82. The van der Waals surface area contributed by atoms with E-state index in [9.17, 15) is 4.79 Å². The van der Waals surface area contributed by atoms with E-state index in [1.807, 2.05) is 0 Å². The normalized spacial score (nSPS) is 6.50. The lowest BCUT2D eigenvalue weighted by Crippen LogP contribution is -1.94. The Kier molecular flexibility index (Phi) is 4.57. The van der Waals surface area contributed by atoms with Gasteiger partial charge in [-0.1, -0.05) is 11.0 Å². The van der Waals surface area contributed by atoms with Gasteiger partial charge in [-0.05, 0) is 5.53 Å². The van der Waals surface area contributed by atoms with Gasteiger partial charge in [-0.3, -0.25) is 0 Å². The molecule has 0 aliphatic carbocycles. The van der Waals surface area contributed by atoms with E-state index in [1.54, 1.807) is 0 Å². The van der Waals surface area contributed by atoms with Crippen molar-refractivity contribution in [2.45, 2.75) is 0 Å². The minimum absolute atomic E-state index is 0.00833. The van der Waals surface area contributed by atoms with E-state index in [1.165, 1.54) is 7.11 Å². The van der Waals surface area contributed by atoms with Crippen LogP contribution in [0.2, 0.25) is 0 Å². The number of ether oxygens (including phenoxy) is 1. The van der Waals surface area contributed by atoms with Gasteiger partial charge in [-0.15, -0.1) is 0 Å². The molecule has 0 unspecified atom stereocenters. The fraction of sp³-hybridized carbons (Fsp3) is 0.400. The van der Waals surface area contributed by atoms with Crippen molar-refractivity contribution in [2.24, 2.45) is 5.11 Å². The molecule has 0 aromatic heterocycles. The first-order chi connectivity index (χ1) is 4.81. The molecule has 0 aliphatic rings. The molecular weight excluding hydrogens is 134 g/mol. The maximum absolute atomic E-state index is 10.2. The van der Waals surface area contributed by atoms with Crippen molar-refractivity contribution in [1.82, 2.24) is 0 Å². The first-order valence-electron chi connectivity index (χ1n) is 2.39. The lowest BCUT2D eigenvalue weighted by atomic mass is 10.6. The van der Waals surface area contributed by atoms with Crippen molar-refractivity contribution in [3.63, 3.8) is 0 Å². The van der Waals surface area contributed by atoms with E-state index in [0.29, 0.717) is 0 Å². The molecule has 5 nitrogen and oxygen atoms in total. The van der Waals surface area contributed by atoms with Gasteiger partial charge in [0.1, 0.15) is 0 Å². The first-order valence-corrected chi connectivity index (χ1v) is 2.39. The largest absolute Gasteiger partial charge is 0.459 e. The number of carbonyl (C=O) groups excluding carboxylic acids is 1. The summed E-state index contributed by atoms with van der Waals surface area (Å²) in [6, 6.07) is 0. The van der Waals surface area contributed by atoms with E-state index in [0.717, 1.165) is 0 Å². The maximum Gasteiger partial charge on any atom is 0.384 e. The third-order valence-corrected chi connectivity index (χ3v) is 0.589. The molecule has 0 fully saturated rings. The Hall–Kier alpha value is -1.66. The molecule has 0 bridgehead atoms. The van der Waals surface area contributed by atoms with Crippen LogP contribution >= 0.6 is 0 Å². The van der Waals surface area contributed by atoms with Crippen LogP contribution in [-0.2, 0) is 9.53 Å². The van der Waals surface area contributed by atoms with E-state index < -0.39 is 5.97 Å². The highest BCUT2D eigenvalue weighted by atomic mass is 16.5. The molecule has 0 rings (SSSR count). The summed E-state index contributed by atoms with van der Waals surface area (Å²) in [5.74, 6) is 3.75. The molecule has 0 amide bonds. The van der Waals surface area contributed by atoms with Gasteiger partial charge in [0.2, 0.25) is 0 Å². The second-order valence-electron chi connectivity index (χ2n) is 1.18. The van der Waals surface area contributed by atoms with Gasteiger partial charge < -0.3 is 4.74 Å². The number of esters is 1. The number of hydrogen-bond acceptors (Lipinski definition) is 3. The van der Waals surface area contributed by atoms with Crippen molar-refractivity contribution in [2.75, 3.05) is 13.7 Å². The fourth-order valence-corrected chi connectivity index (χ4v) is 0.230. The Morgan fingerprint density at radius 1 is 1.90 bits per heavy atom. The molecule has 0 aromatic rings. The number of azide groups is 1. The van der Waals surface area contributed by atoms with Gasteiger partial charge >= 0.3 is 5.97 Å². The molecular formula is C5H5N3O2. The van der Waals surface area contributed by atoms with E-state index in [2.05, 4.69) is 26.6 Å². The summed E-state index contributed by atoms with van der Waals surface area (Å²) in [5.41, 5.74) is 7.76. The Bertz CT molecular complexity index is 219. The van der Waals surface area contributed by atoms with Crippen LogP contribution in [0.25, 0.3) is 10.4 Å². The number of methoxy groups -OCH3 is 1. The molecule has 0 spiro atoms. The zero-order chi connectivity index (χ0) is 7.82. The van der Waals surface area contributed by atoms with Gasteiger partial charge in [0.25, 0.3) is 0 Å². The predicted molar refractivity (Wildman–Crippen MR) is 33.8 cm³/mol. The summed E-state index contributed by atoms with van der Waals surface area (Å²) in [6.07, 6.45) is 0. The number of nitrogens with zero attached hydrogens (tertiary/aromatic N) is 3. The quantitative estimate of drug-likeness (QED) is 0.132. The minimum Gasteiger partial charge on any atom is -0.459 e. The summed E-state index contributed by atoms with van der Waals surface area (Å²) in [4.78, 5) is 12.7. The molecule has 0 atom stereocenters. The zero-order valence-corrected chi connectivity index (χ0v) is 5.37. The molecule has 0 saturated heterocycles. The third-order valence-electron chi connectivity index (χ3n) is 0.589. The average Bonchev–Trinajstić information content (AvgIpc) is 1.98. The zero-order valence-electron chi connectivity index (χ0n) is 5.37. The van der Waals surface area contributed by atoms with Crippen LogP contribution in [0.4, 0.5) is 0 Å². The van der Waals surface area contributed by atoms with E-state index >= 15 is 0 Å². The fourth-order valence-electron chi connectivity index (χ4n) is 0.230. The highest BCUT2D eigenvalue weighted by Crippen LogP contribution is 1.70. The molecule has 52 valence electrons. The Morgan fingerprint density at radius 3 is 3.10 bits per heavy atom. The van der Waals surface area contributed by atoms with Crippen LogP contribution in [0.5, 0.6) is 0 Å². The van der Waals surface area contributed by atoms with E-state index in [4.69, 9.17) is 5.53 Å². The van der Waals surface area contributed by atoms with Gasteiger partial charge in [0, 0.05) is 10.8 Å². The minimum atomic E-state index is -0.631. The maximum atomic E-state index is 10.2. The average molecular weight is 139 g/mol. The monoisotopic (exact) mass is 139 g/mol. The number of rotatable bonds is 1. The van der Waals surface area contributed by atoms with Crippen LogP contribution in [0.3, 0.4) is 0 Å². The van der Waals surface area contributed by atoms with Crippen molar-refractivity contribution in [1.29, 1.82) is 0 Å². The lowest BCUT2D eigenvalue weighted by molar-refractivity contribution is -0.133. The molecule has 10 heavy (non-hydrogen) atoms. The van der Waals surface area contributed by atoms with E-state index in [-0.39, 0.29) is 6.54 Å². The Labute approximate surface area is 57.6 Å². The Morgan fingerprint density at radius 2 is 2.60 bits per heavy atom. The summed E-state index contributed by atoms with van der Waals surface area (Å²) in [7, 11) is 1.23. The topological polar surface area (TPSA) is 75.1 Å². The van der Waals surface area contributed by atoms with Crippen LogP contribution in [0.1, 0.15) is 0 Å². The summed E-state index contributed by atoms with van der Waals surface area (Å²) < 4.78 is 4.18. The van der Waals surface area contributed by atoms with Crippen molar-refractivity contribution < 1.29 is 9.53 Å². The van der Waals surface area contributed by atoms with Crippen LogP contribution in [-0.4, -0.2) is 19.6 Å². The van der Waals surface area contributed by atoms with Crippen molar-refractivity contribution >= 4 is 5.97 Å². The highest BCUT2D eigenvalue weighted by Gasteiger charge is 1.86. The molecule has 0 saturated carbocycles. The van der Waals surface area contributed by atoms with Crippen molar-refractivity contribution in [3.05, 3.63) is 10.4 Å². The van der Waals surface area contributed by atoms with Crippen LogP contribution in [0.15, 0.2) is 5.11 Å². The predicted octanol–water partition coefficient (Wildman–Crippen LogP) is 0.473. The molecule has 0 radical (unpaired) electrons. The molecule has 5 heteroatoms. The summed E-state index contributed by atoms with van der Waals surface area (Å²) in [5, 5.41) is 3.08. The third kappa shape index (κ3) is 4.50. The Balaban J connectivity index is 3.69. The SMILES string of the molecule is COC(=O)C#CCN=[N+]=[N-]. The number of hydrogen-bond donors (Lipinski definition) is 0. The molecule has 0 heterocycles. The molecule has 0 N–H and O–H groups in total. The second kappa shape index (κ2) is 5.48. The van der Waals surface area contributed by atoms with Gasteiger partial charge in [-0.25, -0.2) is 4.79 Å². The standard InChI is InChI=1S/C5H5N3O2/c1-10-5(9)3-2-4-7-8-6/h4H2,1H3. The second-order valence-corrected chi connectivity index (χ2v) is 1.18. The summed E-state index contributed by atoms with van der Waals surface area (Å²) >= 11 is 0.